The zero-order chi connectivity index (χ0) is 13.9. The number of rotatable bonds is 4. The number of nitrogens with zero attached hydrogens (tertiary/aromatic N) is 1. The van der Waals surface area contributed by atoms with Crippen molar-refractivity contribution >= 4 is 53.5 Å². The Morgan fingerprint density at radius 3 is 2.50 bits per heavy atom. The van der Waals surface area contributed by atoms with E-state index < -0.39 is 15.9 Å². The Bertz CT molecular complexity index is 560. The van der Waals surface area contributed by atoms with Crippen LogP contribution < -0.4 is 5.32 Å². The summed E-state index contributed by atoms with van der Waals surface area (Å²) in [6, 6.07) is 5.28. The van der Waals surface area contributed by atoms with Crippen molar-refractivity contribution in [3.8, 4) is 0 Å². The highest BCUT2D eigenvalue weighted by atomic mass is 79.9. The highest BCUT2D eigenvalue weighted by Crippen LogP contribution is 2.26. The fourth-order valence-corrected chi connectivity index (χ4v) is 2.60. The van der Waals surface area contributed by atoms with Gasteiger partial charge in [-0.3, -0.25) is 4.79 Å². The Labute approximate surface area is 123 Å². The normalized spacial score (nSPS) is 11.6. The molecule has 0 heterocycles. The number of likely N-dealkylation sites (N-methyl/N-ethyl adjacent to an activating group) is 1. The Kier molecular flexibility index (Phi) is 5.32. The van der Waals surface area contributed by atoms with Crippen molar-refractivity contribution in [3.05, 3.63) is 27.1 Å². The largest absolute Gasteiger partial charge is 0.324 e. The molecule has 100 valence electrons. The number of hydrogen-bond acceptors (Lipinski definition) is 3. The van der Waals surface area contributed by atoms with Gasteiger partial charge in [0.1, 0.15) is 0 Å². The summed E-state index contributed by atoms with van der Waals surface area (Å²) in [7, 11) is -2.00. The van der Waals surface area contributed by atoms with E-state index in [9.17, 15) is 13.2 Å². The molecule has 18 heavy (non-hydrogen) atoms. The van der Waals surface area contributed by atoms with Gasteiger partial charge in [0.25, 0.3) is 0 Å². The van der Waals surface area contributed by atoms with E-state index in [1.165, 1.54) is 7.05 Å². The average Bonchev–Trinajstić information content (AvgIpc) is 2.20. The molecule has 0 aromatic heterocycles. The molecule has 8 heteroatoms. The standard InChI is InChI=1S/C10H12Br2N2O3S/c1-14(18(2,16)17)6-10(15)13-9-4-3-7(11)5-8(9)12/h3-5H,6H2,1-2H3,(H,13,15). The zero-order valence-corrected chi connectivity index (χ0v) is 13.8. The molecule has 1 aromatic carbocycles. The van der Waals surface area contributed by atoms with Crippen LogP contribution in [0.15, 0.2) is 27.1 Å². The van der Waals surface area contributed by atoms with Gasteiger partial charge in [-0.2, -0.15) is 4.31 Å². The molecule has 0 bridgehead atoms. The lowest BCUT2D eigenvalue weighted by Crippen LogP contribution is -2.34. The SMILES string of the molecule is CN(CC(=O)Nc1ccc(Br)cc1Br)S(C)(=O)=O. The van der Waals surface area contributed by atoms with Gasteiger partial charge < -0.3 is 5.32 Å². The van der Waals surface area contributed by atoms with Crippen LogP contribution in [0.3, 0.4) is 0 Å². The van der Waals surface area contributed by atoms with E-state index in [4.69, 9.17) is 0 Å². The molecule has 0 radical (unpaired) electrons. The van der Waals surface area contributed by atoms with E-state index in [1.807, 2.05) is 0 Å². The van der Waals surface area contributed by atoms with Gasteiger partial charge in [-0.1, -0.05) is 15.9 Å². The van der Waals surface area contributed by atoms with Gasteiger partial charge in [-0.25, -0.2) is 8.42 Å². The summed E-state index contributed by atoms with van der Waals surface area (Å²) in [5.74, 6) is -0.397. The van der Waals surface area contributed by atoms with Crippen molar-refractivity contribution in [2.75, 3.05) is 25.2 Å². The van der Waals surface area contributed by atoms with Crippen molar-refractivity contribution in [1.82, 2.24) is 4.31 Å². The number of sulfonamides is 1. The summed E-state index contributed by atoms with van der Waals surface area (Å²) in [6.45, 7) is -0.221. The second-order valence-corrected chi connectivity index (χ2v) is 7.55. The topological polar surface area (TPSA) is 66.5 Å². The quantitative estimate of drug-likeness (QED) is 0.842. The molecule has 5 nitrogen and oxygen atoms in total. The van der Waals surface area contributed by atoms with Crippen LogP contribution >= 0.6 is 31.9 Å². The molecule has 0 unspecified atom stereocenters. The molecule has 1 rings (SSSR count). The summed E-state index contributed by atoms with van der Waals surface area (Å²) < 4.78 is 24.9. The number of anilines is 1. The van der Waals surface area contributed by atoms with Crippen LogP contribution in [0.4, 0.5) is 5.69 Å². The lowest BCUT2D eigenvalue weighted by molar-refractivity contribution is -0.116. The minimum Gasteiger partial charge on any atom is -0.324 e. The molecule has 1 N–H and O–H groups in total. The van der Waals surface area contributed by atoms with Crippen LogP contribution in [0.25, 0.3) is 0 Å². The summed E-state index contributed by atoms with van der Waals surface area (Å²) in [5.41, 5.74) is 0.588. The van der Waals surface area contributed by atoms with Gasteiger partial charge in [-0.15, -0.1) is 0 Å². The molecule has 1 amide bonds. The van der Waals surface area contributed by atoms with Crippen LogP contribution in [-0.2, 0) is 14.8 Å². The predicted molar refractivity (Wildman–Crippen MR) is 77.9 cm³/mol. The highest BCUT2D eigenvalue weighted by molar-refractivity contribution is 9.11. The van der Waals surface area contributed by atoms with Crippen molar-refractivity contribution in [1.29, 1.82) is 0 Å². The molecular weight excluding hydrogens is 388 g/mol. The van der Waals surface area contributed by atoms with Crippen molar-refractivity contribution < 1.29 is 13.2 Å². The van der Waals surface area contributed by atoms with Crippen LogP contribution in [0.1, 0.15) is 0 Å². The molecular formula is C10H12Br2N2O3S. The second-order valence-electron chi connectivity index (χ2n) is 3.69. The molecule has 0 aliphatic carbocycles. The first kappa shape index (κ1) is 15.6. The first-order chi connectivity index (χ1) is 8.20. The number of benzene rings is 1. The summed E-state index contributed by atoms with van der Waals surface area (Å²) in [5, 5.41) is 2.63. The van der Waals surface area contributed by atoms with Gasteiger partial charge in [0.2, 0.25) is 15.9 Å². The summed E-state index contributed by atoms with van der Waals surface area (Å²) >= 11 is 6.60. The lowest BCUT2D eigenvalue weighted by Gasteiger charge is -2.14. The van der Waals surface area contributed by atoms with E-state index in [1.54, 1.807) is 18.2 Å². The Morgan fingerprint density at radius 2 is 2.00 bits per heavy atom. The maximum atomic E-state index is 11.7. The Morgan fingerprint density at radius 1 is 1.39 bits per heavy atom. The number of carbonyl (C=O) groups excluding carboxylic acids is 1. The molecule has 0 aliphatic heterocycles. The lowest BCUT2D eigenvalue weighted by atomic mass is 10.3. The molecule has 0 saturated heterocycles. The maximum Gasteiger partial charge on any atom is 0.239 e. The minimum absolute atomic E-state index is 0.221. The van der Waals surface area contributed by atoms with Crippen molar-refractivity contribution in [2.45, 2.75) is 0 Å². The monoisotopic (exact) mass is 398 g/mol. The van der Waals surface area contributed by atoms with Gasteiger partial charge in [0, 0.05) is 16.0 Å². The van der Waals surface area contributed by atoms with Gasteiger partial charge in [-0.05, 0) is 34.1 Å². The van der Waals surface area contributed by atoms with E-state index in [-0.39, 0.29) is 6.54 Å². The van der Waals surface area contributed by atoms with Crippen LogP contribution in [0.5, 0.6) is 0 Å². The third-order valence-electron chi connectivity index (χ3n) is 2.14. The Balaban J connectivity index is 2.71. The zero-order valence-electron chi connectivity index (χ0n) is 9.78. The minimum atomic E-state index is -3.35. The number of amides is 1. The van der Waals surface area contributed by atoms with Crippen molar-refractivity contribution in [2.24, 2.45) is 0 Å². The van der Waals surface area contributed by atoms with Crippen LogP contribution in [-0.4, -0.2) is 38.5 Å². The van der Waals surface area contributed by atoms with E-state index in [0.717, 1.165) is 15.0 Å². The van der Waals surface area contributed by atoms with Gasteiger partial charge in [0.15, 0.2) is 0 Å². The first-order valence-corrected chi connectivity index (χ1v) is 8.30. The van der Waals surface area contributed by atoms with Gasteiger partial charge in [0.05, 0.1) is 18.5 Å². The Hall–Kier alpha value is -0.440. The number of hydrogen-bond donors (Lipinski definition) is 1. The fourth-order valence-electron chi connectivity index (χ4n) is 1.10. The number of nitrogens with one attached hydrogen (secondary N) is 1. The predicted octanol–water partition coefficient (Wildman–Crippen LogP) is 2.04. The third-order valence-corrected chi connectivity index (χ3v) is 4.55. The second kappa shape index (κ2) is 6.14. The van der Waals surface area contributed by atoms with Gasteiger partial charge >= 0.3 is 0 Å². The third kappa shape index (κ3) is 4.68. The molecule has 1 aromatic rings. The molecule has 0 atom stereocenters. The fraction of sp³-hybridized carbons (Fsp3) is 0.300. The van der Waals surface area contributed by atoms with Crippen molar-refractivity contribution in [3.63, 3.8) is 0 Å². The molecule has 0 saturated carbocycles. The average molecular weight is 400 g/mol. The smallest absolute Gasteiger partial charge is 0.239 e. The molecule has 0 aliphatic rings. The molecule has 0 fully saturated rings. The maximum absolute atomic E-state index is 11.7. The number of carbonyl (C=O) groups is 1. The highest BCUT2D eigenvalue weighted by Gasteiger charge is 2.15. The van der Waals surface area contributed by atoms with Crippen LogP contribution in [0.2, 0.25) is 0 Å². The van der Waals surface area contributed by atoms with E-state index in [0.29, 0.717) is 10.2 Å². The van der Waals surface area contributed by atoms with E-state index in [2.05, 4.69) is 37.2 Å². The summed E-state index contributed by atoms with van der Waals surface area (Å²) in [4.78, 5) is 11.7. The number of halogens is 2. The van der Waals surface area contributed by atoms with E-state index >= 15 is 0 Å². The first-order valence-electron chi connectivity index (χ1n) is 4.86. The molecule has 0 spiro atoms. The summed E-state index contributed by atoms with van der Waals surface area (Å²) in [6.07, 6.45) is 1.05. The van der Waals surface area contributed by atoms with Crippen LogP contribution in [0, 0.1) is 0 Å².